The Bertz CT molecular complexity index is 872. The molecule has 7 heteroatoms. The number of nitrogens with zero attached hydrogens (tertiary/aromatic N) is 2. The van der Waals surface area contributed by atoms with Gasteiger partial charge in [-0.15, -0.1) is 0 Å². The number of hydrogen-bond donors (Lipinski definition) is 2. The van der Waals surface area contributed by atoms with Gasteiger partial charge in [-0.3, -0.25) is 14.7 Å². The fourth-order valence-electron chi connectivity index (χ4n) is 4.47. The first-order valence-electron chi connectivity index (χ1n) is 10.4. The van der Waals surface area contributed by atoms with Gasteiger partial charge in [0.25, 0.3) is 5.91 Å². The average molecular weight is 396 g/mol. The van der Waals surface area contributed by atoms with E-state index in [1.807, 2.05) is 23.1 Å². The molecule has 1 saturated heterocycles. The van der Waals surface area contributed by atoms with E-state index in [2.05, 4.69) is 15.5 Å². The summed E-state index contributed by atoms with van der Waals surface area (Å²) in [7, 11) is 1.60. The molecule has 4 rings (SSSR count). The number of aromatic nitrogens is 2. The number of H-pyrrole nitrogens is 1. The number of benzene rings is 1. The number of aromatic amines is 1. The number of methoxy groups -OCH3 is 1. The minimum atomic E-state index is 0.00431. The molecule has 1 aromatic heterocycles. The van der Waals surface area contributed by atoms with Crippen molar-refractivity contribution >= 4 is 17.5 Å². The smallest absolute Gasteiger partial charge is 0.254 e. The summed E-state index contributed by atoms with van der Waals surface area (Å²) >= 11 is 0. The van der Waals surface area contributed by atoms with E-state index in [1.165, 1.54) is 0 Å². The molecule has 2 aliphatic rings. The van der Waals surface area contributed by atoms with Crippen LogP contribution in [0.3, 0.4) is 0 Å². The van der Waals surface area contributed by atoms with Crippen LogP contribution in [0.2, 0.25) is 0 Å². The number of piperidine rings is 1. The number of nitrogens with one attached hydrogen (secondary N) is 2. The number of carbonyl (C=O) groups is 2. The maximum atomic E-state index is 13.0. The van der Waals surface area contributed by atoms with E-state index in [9.17, 15) is 9.59 Å². The van der Waals surface area contributed by atoms with Crippen molar-refractivity contribution in [3.8, 4) is 5.75 Å². The molecule has 2 amide bonds. The van der Waals surface area contributed by atoms with Crippen LogP contribution in [0.4, 0.5) is 5.69 Å². The zero-order valence-electron chi connectivity index (χ0n) is 16.8. The average Bonchev–Trinajstić information content (AvgIpc) is 3.45. The summed E-state index contributed by atoms with van der Waals surface area (Å²) in [6, 6.07) is 7.26. The first-order chi connectivity index (χ1) is 14.2. The first-order valence-corrected chi connectivity index (χ1v) is 10.4. The van der Waals surface area contributed by atoms with Crippen LogP contribution in [-0.4, -0.2) is 47.1 Å². The summed E-state index contributed by atoms with van der Waals surface area (Å²) in [5, 5.41) is 10.3. The Morgan fingerprint density at radius 1 is 1.21 bits per heavy atom. The molecule has 2 heterocycles. The third kappa shape index (κ3) is 4.28. The summed E-state index contributed by atoms with van der Waals surface area (Å²) in [5.41, 5.74) is 2.30. The molecule has 0 spiro atoms. The maximum absolute atomic E-state index is 13.0. The second kappa shape index (κ2) is 8.68. The summed E-state index contributed by atoms with van der Waals surface area (Å²) in [4.78, 5) is 27.4. The summed E-state index contributed by atoms with van der Waals surface area (Å²) < 4.78 is 5.24. The van der Waals surface area contributed by atoms with Crippen LogP contribution < -0.4 is 10.1 Å². The number of ether oxygens (including phenoxy) is 1. The maximum Gasteiger partial charge on any atom is 0.254 e. The standard InChI is InChI=1S/C22H28N4O3/c1-29-18-10-4-8-16(12-18)22(28)26-11-5-9-17(14-26)20-19(13-23-25-20)24-21(27)15-6-2-3-7-15/h4,8,10,12-13,15,17H,2-3,5-7,9,11,14H2,1H3,(H,23,25)(H,24,27). The van der Waals surface area contributed by atoms with Crippen molar-refractivity contribution < 1.29 is 14.3 Å². The Hall–Kier alpha value is -2.83. The van der Waals surface area contributed by atoms with E-state index in [4.69, 9.17) is 4.74 Å². The topological polar surface area (TPSA) is 87.3 Å². The van der Waals surface area contributed by atoms with E-state index in [0.29, 0.717) is 17.9 Å². The Labute approximate surface area is 170 Å². The van der Waals surface area contributed by atoms with Crippen molar-refractivity contribution in [1.82, 2.24) is 15.1 Å². The van der Waals surface area contributed by atoms with E-state index >= 15 is 0 Å². The largest absolute Gasteiger partial charge is 0.497 e. The van der Waals surface area contributed by atoms with Crippen LogP contribution >= 0.6 is 0 Å². The summed E-state index contributed by atoms with van der Waals surface area (Å²) in [6.07, 6.45) is 7.73. The van der Waals surface area contributed by atoms with E-state index in [0.717, 1.165) is 56.5 Å². The van der Waals surface area contributed by atoms with Gasteiger partial charge in [0.15, 0.2) is 0 Å². The number of carbonyl (C=O) groups excluding carboxylic acids is 2. The van der Waals surface area contributed by atoms with Gasteiger partial charge in [-0.2, -0.15) is 5.10 Å². The van der Waals surface area contributed by atoms with Crippen molar-refractivity contribution in [2.45, 2.75) is 44.4 Å². The molecule has 2 N–H and O–H groups in total. The molecule has 2 fully saturated rings. The van der Waals surface area contributed by atoms with Crippen LogP contribution in [0.15, 0.2) is 30.5 Å². The van der Waals surface area contributed by atoms with Gasteiger partial charge in [0.05, 0.1) is 24.7 Å². The summed E-state index contributed by atoms with van der Waals surface area (Å²) in [6.45, 7) is 1.33. The van der Waals surface area contributed by atoms with Gasteiger partial charge in [-0.25, -0.2) is 0 Å². The minimum absolute atomic E-state index is 0.00431. The van der Waals surface area contributed by atoms with E-state index in [1.54, 1.807) is 19.4 Å². The molecule has 7 nitrogen and oxygen atoms in total. The zero-order valence-corrected chi connectivity index (χ0v) is 16.8. The monoisotopic (exact) mass is 396 g/mol. The van der Waals surface area contributed by atoms with E-state index in [-0.39, 0.29) is 23.7 Å². The first kappa shape index (κ1) is 19.5. The highest BCUT2D eigenvalue weighted by atomic mass is 16.5. The number of amides is 2. The van der Waals surface area contributed by atoms with Crippen LogP contribution in [0.5, 0.6) is 5.75 Å². The second-order valence-electron chi connectivity index (χ2n) is 7.99. The fraction of sp³-hybridized carbons (Fsp3) is 0.500. The summed E-state index contributed by atoms with van der Waals surface area (Å²) in [5.74, 6) is 1.000. The van der Waals surface area contributed by atoms with Crippen LogP contribution in [0.25, 0.3) is 0 Å². The second-order valence-corrected chi connectivity index (χ2v) is 7.99. The molecule has 1 unspecified atom stereocenters. The van der Waals surface area contributed by atoms with Gasteiger partial charge in [0.1, 0.15) is 5.75 Å². The minimum Gasteiger partial charge on any atom is -0.497 e. The molecule has 1 aliphatic carbocycles. The molecule has 2 aromatic rings. The third-order valence-electron chi connectivity index (χ3n) is 6.09. The van der Waals surface area contributed by atoms with Crippen molar-refractivity contribution in [3.63, 3.8) is 0 Å². The molecule has 154 valence electrons. The van der Waals surface area contributed by atoms with Gasteiger partial charge in [-0.1, -0.05) is 18.9 Å². The number of likely N-dealkylation sites (tertiary alicyclic amines) is 1. The van der Waals surface area contributed by atoms with Crippen molar-refractivity contribution in [1.29, 1.82) is 0 Å². The Morgan fingerprint density at radius 2 is 2.03 bits per heavy atom. The van der Waals surface area contributed by atoms with E-state index < -0.39 is 0 Å². The fourth-order valence-corrected chi connectivity index (χ4v) is 4.47. The SMILES string of the molecule is COc1cccc(C(=O)N2CCCC(c3[nH]ncc3NC(=O)C3CCCC3)C2)c1. The Morgan fingerprint density at radius 3 is 2.83 bits per heavy atom. The molecule has 1 aliphatic heterocycles. The van der Waals surface area contributed by atoms with Crippen molar-refractivity contribution in [3.05, 3.63) is 41.7 Å². The van der Waals surface area contributed by atoms with Crippen molar-refractivity contribution in [2.24, 2.45) is 5.92 Å². The van der Waals surface area contributed by atoms with Gasteiger partial charge in [-0.05, 0) is 43.9 Å². The van der Waals surface area contributed by atoms with Gasteiger partial charge in [0.2, 0.25) is 5.91 Å². The number of hydrogen-bond acceptors (Lipinski definition) is 4. The Balaban J connectivity index is 1.45. The highest BCUT2D eigenvalue weighted by molar-refractivity contribution is 5.95. The van der Waals surface area contributed by atoms with Crippen molar-refractivity contribution in [2.75, 3.05) is 25.5 Å². The van der Waals surface area contributed by atoms with Gasteiger partial charge in [0, 0.05) is 30.5 Å². The lowest BCUT2D eigenvalue weighted by molar-refractivity contribution is -0.119. The predicted molar refractivity (Wildman–Crippen MR) is 110 cm³/mol. The molecule has 0 bridgehead atoms. The van der Waals surface area contributed by atoms with Crippen LogP contribution in [0, 0.1) is 5.92 Å². The molecule has 0 radical (unpaired) electrons. The Kier molecular flexibility index (Phi) is 5.83. The van der Waals surface area contributed by atoms with Gasteiger partial charge >= 0.3 is 0 Å². The number of anilines is 1. The molecule has 29 heavy (non-hydrogen) atoms. The number of rotatable bonds is 5. The zero-order chi connectivity index (χ0) is 20.2. The van der Waals surface area contributed by atoms with Gasteiger partial charge < -0.3 is 15.0 Å². The predicted octanol–water partition coefficient (Wildman–Crippen LogP) is 3.57. The lowest BCUT2D eigenvalue weighted by Crippen LogP contribution is -2.39. The molecule has 1 saturated carbocycles. The molecular formula is C22H28N4O3. The highest BCUT2D eigenvalue weighted by Crippen LogP contribution is 2.32. The van der Waals surface area contributed by atoms with Crippen LogP contribution in [0.1, 0.15) is 60.5 Å². The highest BCUT2D eigenvalue weighted by Gasteiger charge is 2.30. The molecule has 1 atom stereocenters. The molecule has 1 aromatic carbocycles. The molecular weight excluding hydrogens is 368 g/mol. The lowest BCUT2D eigenvalue weighted by Gasteiger charge is -2.33. The quantitative estimate of drug-likeness (QED) is 0.809. The lowest BCUT2D eigenvalue weighted by atomic mass is 9.93. The third-order valence-corrected chi connectivity index (χ3v) is 6.09. The normalized spacial score (nSPS) is 19.9. The van der Waals surface area contributed by atoms with Crippen LogP contribution in [-0.2, 0) is 4.79 Å².